The fourth-order valence-corrected chi connectivity index (χ4v) is 2.61. The van der Waals surface area contributed by atoms with Crippen molar-refractivity contribution in [2.75, 3.05) is 6.79 Å². The summed E-state index contributed by atoms with van der Waals surface area (Å²) in [5.41, 5.74) is 6.92. The molecule has 0 aromatic heterocycles. The van der Waals surface area contributed by atoms with Gasteiger partial charge in [0.15, 0.2) is 17.5 Å². The van der Waals surface area contributed by atoms with E-state index in [4.69, 9.17) is 15.2 Å². The van der Waals surface area contributed by atoms with E-state index in [-0.39, 0.29) is 30.8 Å². The van der Waals surface area contributed by atoms with E-state index < -0.39 is 0 Å². The third kappa shape index (κ3) is 3.47. The van der Waals surface area contributed by atoms with Crippen LogP contribution >= 0.6 is 24.0 Å². The van der Waals surface area contributed by atoms with Gasteiger partial charge < -0.3 is 20.5 Å². The van der Waals surface area contributed by atoms with E-state index in [9.17, 15) is 0 Å². The Bertz CT molecular complexity index is 487. The Morgan fingerprint density at radius 2 is 2.10 bits per heavy atom. The molecule has 110 valence electrons. The lowest BCUT2D eigenvalue weighted by atomic mass is 10.2. The summed E-state index contributed by atoms with van der Waals surface area (Å²) < 4.78 is 10.8. The van der Waals surface area contributed by atoms with Gasteiger partial charge in [0.25, 0.3) is 0 Å². The van der Waals surface area contributed by atoms with Crippen LogP contribution in [-0.4, -0.2) is 18.8 Å². The Morgan fingerprint density at radius 1 is 1.30 bits per heavy atom. The number of para-hydroxylation sites is 1. The van der Waals surface area contributed by atoms with Crippen LogP contribution in [0.25, 0.3) is 0 Å². The Labute approximate surface area is 135 Å². The Morgan fingerprint density at radius 3 is 2.90 bits per heavy atom. The highest BCUT2D eigenvalue weighted by molar-refractivity contribution is 14.0. The third-order valence-electron chi connectivity index (χ3n) is 3.61. The summed E-state index contributed by atoms with van der Waals surface area (Å²) in [6.07, 6.45) is 4.94. The van der Waals surface area contributed by atoms with E-state index >= 15 is 0 Å². The van der Waals surface area contributed by atoms with Crippen LogP contribution in [0.3, 0.4) is 0 Å². The maximum atomic E-state index is 5.91. The third-order valence-corrected chi connectivity index (χ3v) is 3.61. The molecule has 1 aliphatic heterocycles. The average Bonchev–Trinajstić information content (AvgIpc) is 3.06. The molecule has 1 saturated carbocycles. The van der Waals surface area contributed by atoms with Crippen molar-refractivity contribution in [3.8, 4) is 11.5 Å². The molecule has 0 bridgehead atoms. The summed E-state index contributed by atoms with van der Waals surface area (Å²) in [7, 11) is 0. The number of hydrogen-bond donors (Lipinski definition) is 2. The summed E-state index contributed by atoms with van der Waals surface area (Å²) in [5.74, 6) is 2.10. The molecule has 0 atom stereocenters. The zero-order chi connectivity index (χ0) is 13.1. The van der Waals surface area contributed by atoms with Crippen LogP contribution in [0.1, 0.15) is 31.2 Å². The summed E-state index contributed by atoms with van der Waals surface area (Å²) >= 11 is 0. The summed E-state index contributed by atoms with van der Waals surface area (Å²) in [4.78, 5) is 4.38. The maximum absolute atomic E-state index is 5.91. The summed E-state index contributed by atoms with van der Waals surface area (Å²) in [6.45, 7) is 0.796. The van der Waals surface area contributed by atoms with Crippen LogP contribution in [0.5, 0.6) is 11.5 Å². The smallest absolute Gasteiger partial charge is 0.231 e. The number of nitrogens with one attached hydrogen (secondary N) is 1. The first kappa shape index (κ1) is 15.2. The quantitative estimate of drug-likeness (QED) is 0.473. The zero-order valence-electron chi connectivity index (χ0n) is 11.3. The minimum Gasteiger partial charge on any atom is -0.454 e. The van der Waals surface area contributed by atoms with Crippen LogP contribution < -0.4 is 20.5 Å². The predicted octanol–water partition coefficient (Wildman–Crippen LogP) is 2.38. The number of benzene rings is 1. The standard InChI is InChI=1S/C14H19N3O2.HI/c15-14(17-11-5-1-2-6-11)16-8-10-4-3-7-12-13(10)19-9-18-12;/h3-4,7,11H,1-2,5-6,8-9H2,(H3,15,16,17);1H. The highest BCUT2D eigenvalue weighted by Crippen LogP contribution is 2.35. The predicted molar refractivity (Wildman–Crippen MR) is 88.7 cm³/mol. The van der Waals surface area contributed by atoms with Gasteiger partial charge >= 0.3 is 0 Å². The molecule has 5 nitrogen and oxygen atoms in total. The molecule has 3 rings (SSSR count). The highest BCUT2D eigenvalue weighted by Gasteiger charge is 2.17. The molecule has 1 aromatic carbocycles. The van der Waals surface area contributed by atoms with Gasteiger partial charge in [0.2, 0.25) is 6.79 Å². The van der Waals surface area contributed by atoms with Gasteiger partial charge in [-0.25, -0.2) is 4.99 Å². The number of nitrogens with zero attached hydrogens (tertiary/aromatic N) is 1. The topological polar surface area (TPSA) is 68.9 Å². The van der Waals surface area contributed by atoms with Gasteiger partial charge in [-0.1, -0.05) is 25.0 Å². The number of halogens is 1. The van der Waals surface area contributed by atoms with E-state index in [0.29, 0.717) is 18.5 Å². The molecular weight excluding hydrogens is 369 g/mol. The van der Waals surface area contributed by atoms with Gasteiger partial charge in [0.05, 0.1) is 6.54 Å². The van der Waals surface area contributed by atoms with Crippen molar-refractivity contribution in [3.63, 3.8) is 0 Å². The highest BCUT2D eigenvalue weighted by atomic mass is 127. The van der Waals surface area contributed by atoms with E-state index in [1.54, 1.807) is 0 Å². The van der Waals surface area contributed by atoms with Crippen molar-refractivity contribution in [3.05, 3.63) is 23.8 Å². The molecule has 20 heavy (non-hydrogen) atoms. The first-order valence-electron chi connectivity index (χ1n) is 6.77. The van der Waals surface area contributed by atoms with Crippen molar-refractivity contribution in [1.29, 1.82) is 0 Å². The van der Waals surface area contributed by atoms with Crippen LogP contribution in [-0.2, 0) is 6.54 Å². The number of hydrogen-bond acceptors (Lipinski definition) is 3. The Balaban J connectivity index is 0.00000147. The lowest BCUT2D eigenvalue weighted by molar-refractivity contribution is 0.173. The monoisotopic (exact) mass is 389 g/mol. The van der Waals surface area contributed by atoms with Crippen molar-refractivity contribution in [2.45, 2.75) is 38.3 Å². The molecule has 0 spiro atoms. The number of guanidine groups is 1. The molecule has 1 heterocycles. The van der Waals surface area contributed by atoms with Gasteiger partial charge in [0, 0.05) is 11.6 Å². The Kier molecular flexibility index (Phi) is 5.33. The normalized spacial score (nSPS) is 17.9. The zero-order valence-corrected chi connectivity index (χ0v) is 13.6. The van der Waals surface area contributed by atoms with E-state index in [1.807, 2.05) is 18.2 Å². The van der Waals surface area contributed by atoms with Gasteiger partial charge in [-0.2, -0.15) is 0 Å². The number of nitrogens with two attached hydrogens (primary N) is 1. The summed E-state index contributed by atoms with van der Waals surface area (Å²) in [6, 6.07) is 6.32. The molecule has 1 aliphatic carbocycles. The molecule has 6 heteroatoms. The average molecular weight is 389 g/mol. The molecule has 3 N–H and O–H groups in total. The minimum atomic E-state index is 0. The number of fused-ring (bicyclic) bond motifs is 1. The van der Waals surface area contributed by atoms with Crippen LogP contribution in [0.2, 0.25) is 0 Å². The lowest BCUT2D eigenvalue weighted by Crippen LogP contribution is -2.38. The molecule has 1 fully saturated rings. The molecular formula is C14H20IN3O2. The van der Waals surface area contributed by atoms with Crippen molar-refractivity contribution < 1.29 is 9.47 Å². The second-order valence-corrected chi connectivity index (χ2v) is 4.98. The first-order chi connectivity index (χ1) is 9.33. The van der Waals surface area contributed by atoms with Gasteiger partial charge in [0.1, 0.15) is 0 Å². The Hall–Kier alpha value is -1.18. The molecule has 0 saturated heterocycles. The van der Waals surface area contributed by atoms with Crippen molar-refractivity contribution in [2.24, 2.45) is 10.7 Å². The van der Waals surface area contributed by atoms with Crippen LogP contribution in [0, 0.1) is 0 Å². The number of rotatable bonds is 3. The molecule has 1 aromatic rings. The fraction of sp³-hybridized carbons (Fsp3) is 0.500. The van der Waals surface area contributed by atoms with Gasteiger partial charge in [-0.3, -0.25) is 0 Å². The van der Waals surface area contributed by atoms with Gasteiger partial charge in [-0.15, -0.1) is 24.0 Å². The lowest BCUT2D eigenvalue weighted by Gasteiger charge is -2.12. The van der Waals surface area contributed by atoms with E-state index in [1.165, 1.54) is 25.7 Å². The second kappa shape index (κ2) is 7.01. The van der Waals surface area contributed by atoms with Crippen molar-refractivity contribution in [1.82, 2.24) is 5.32 Å². The SMILES string of the molecule is I.NC(=NCc1cccc2c1OCO2)NC1CCCC1. The minimum absolute atomic E-state index is 0. The van der Waals surface area contributed by atoms with Crippen molar-refractivity contribution >= 4 is 29.9 Å². The molecule has 2 aliphatic rings. The first-order valence-corrected chi connectivity index (χ1v) is 6.77. The summed E-state index contributed by atoms with van der Waals surface area (Å²) in [5, 5.41) is 3.27. The van der Waals surface area contributed by atoms with E-state index in [0.717, 1.165) is 17.1 Å². The van der Waals surface area contributed by atoms with Crippen LogP contribution in [0.15, 0.2) is 23.2 Å². The fourth-order valence-electron chi connectivity index (χ4n) is 2.61. The van der Waals surface area contributed by atoms with E-state index in [2.05, 4.69) is 10.3 Å². The second-order valence-electron chi connectivity index (χ2n) is 4.98. The maximum Gasteiger partial charge on any atom is 0.231 e. The molecule has 0 amide bonds. The number of ether oxygens (including phenoxy) is 2. The number of aliphatic imine (C=N–C) groups is 1. The largest absolute Gasteiger partial charge is 0.454 e. The van der Waals surface area contributed by atoms with Crippen LogP contribution in [0.4, 0.5) is 0 Å². The molecule has 0 unspecified atom stereocenters. The molecule has 0 radical (unpaired) electrons. The van der Waals surface area contributed by atoms with Gasteiger partial charge in [-0.05, 0) is 18.9 Å².